The van der Waals surface area contributed by atoms with Gasteiger partial charge in [0.1, 0.15) is 5.75 Å². The van der Waals surface area contributed by atoms with E-state index < -0.39 is 10.0 Å². The molecule has 23 heavy (non-hydrogen) atoms. The van der Waals surface area contributed by atoms with Crippen molar-refractivity contribution >= 4 is 10.0 Å². The fraction of sp³-hybridized carbons (Fsp3) is 0.625. The lowest BCUT2D eigenvalue weighted by atomic mass is 10.2. The summed E-state index contributed by atoms with van der Waals surface area (Å²) in [4.78, 5) is 2.54. The Bertz CT molecular complexity index is 611. The van der Waals surface area contributed by atoms with Gasteiger partial charge >= 0.3 is 0 Å². The average Bonchev–Trinajstić information content (AvgIpc) is 2.49. The van der Waals surface area contributed by atoms with Gasteiger partial charge in [-0.05, 0) is 44.5 Å². The first-order valence-electron chi connectivity index (χ1n) is 8.08. The maximum absolute atomic E-state index is 12.4. The number of nitrogens with one attached hydrogen (secondary N) is 2. The van der Waals surface area contributed by atoms with Crippen molar-refractivity contribution < 1.29 is 13.2 Å². The number of benzene rings is 1. The van der Waals surface area contributed by atoms with Crippen molar-refractivity contribution in [3.8, 4) is 5.75 Å². The van der Waals surface area contributed by atoms with Gasteiger partial charge in [0.15, 0.2) is 0 Å². The van der Waals surface area contributed by atoms with Crippen LogP contribution in [0.2, 0.25) is 0 Å². The summed E-state index contributed by atoms with van der Waals surface area (Å²) in [6, 6.07) is 4.98. The smallest absolute Gasteiger partial charge is 0.240 e. The highest BCUT2D eigenvalue weighted by molar-refractivity contribution is 7.89. The molecule has 0 amide bonds. The molecule has 0 aliphatic carbocycles. The summed E-state index contributed by atoms with van der Waals surface area (Å²) >= 11 is 0. The van der Waals surface area contributed by atoms with E-state index in [1.807, 2.05) is 20.8 Å². The van der Waals surface area contributed by atoms with Gasteiger partial charge in [-0.1, -0.05) is 0 Å². The fourth-order valence-corrected chi connectivity index (χ4v) is 3.64. The Kier molecular flexibility index (Phi) is 6.41. The number of hydrogen-bond donors (Lipinski definition) is 2. The second-order valence-corrected chi connectivity index (χ2v) is 7.85. The van der Waals surface area contributed by atoms with Gasteiger partial charge < -0.3 is 10.1 Å². The average molecular weight is 341 g/mol. The largest absolute Gasteiger partial charge is 0.491 e. The lowest BCUT2D eigenvalue weighted by molar-refractivity contribution is 0.240. The molecule has 1 aromatic rings. The quantitative estimate of drug-likeness (QED) is 0.773. The van der Waals surface area contributed by atoms with E-state index in [0.29, 0.717) is 6.54 Å². The van der Waals surface area contributed by atoms with Crippen molar-refractivity contribution in [1.29, 1.82) is 0 Å². The third-order valence-electron chi connectivity index (χ3n) is 3.75. The van der Waals surface area contributed by atoms with Crippen molar-refractivity contribution in [1.82, 2.24) is 14.9 Å². The van der Waals surface area contributed by atoms with Crippen LogP contribution >= 0.6 is 0 Å². The molecule has 0 bridgehead atoms. The zero-order valence-electron chi connectivity index (χ0n) is 14.1. The first kappa shape index (κ1) is 18.2. The molecule has 6 nitrogen and oxygen atoms in total. The van der Waals surface area contributed by atoms with E-state index in [1.165, 1.54) is 0 Å². The summed E-state index contributed by atoms with van der Waals surface area (Å²) in [6.07, 6.45) is 0.0633. The highest BCUT2D eigenvalue weighted by Crippen LogP contribution is 2.22. The third kappa shape index (κ3) is 5.46. The third-order valence-corrected chi connectivity index (χ3v) is 5.21. The Morgan fingerprint density at radius 3 is 2.61 bits per heavy atom. The van der Waals surface area contributed by atoms with E-state index >= 15 is 0 Å². The number of rotatable bonds is 7. The Balaban J connectivity index is 1.94. The van der Waals surface area contributed by atoms with Crippen LogP contribution in [0, 0.1) is 6.92 Å². The number of ether oxygens (including phenoxy) is 1. The number of nitrogens with zero attached hydrogens (tertiary/aromatic N) is 1. The minimum atomic E-state index is -3.48. The van der Waals surface area contributed by atoms with Gasteiger partial charge in [-0.2, -0.15) is 0 Å². The standard InChI is InChI=1S/C16H27N3O3S/c1-13(2)22-16-5-4-15(12-14(16)3)23(20,21)18-8-11-19-9-6-17-7-10-19/h4-5,12-13,17-18H,6-11H2,1-3H3. The molecule has 130 valence electrons. The summed E-state index contributed by atoms with van der Waals surface area (Å²) in [5.74, 6) is 0.722. The predicted molar refractivity (Wildman–Crippen MR) is 91.4 cm³/mol. The highest BCUT2D eigenvalue weighted by atomic mass is 32.2. The van der Waals surface area contributed by atoms with Gasteiger partial charge in [-0.3, -0.25) is 4.90 Å². The first-order chi connectivity index (χ1) is 10.9. The molecular formula is C16H27N3O3S. The van der Waals surface area contributed by atoms with Crippen LogP contribution in [0.5, 0.6) is 5.75 Å². The molecule has 0 saturated carbocycles. The molecule has 7 heteroatoms. The molecule has 2 N–H and O–H groups in total. The molecule has 1 heterocycles. The van der Waals surface area contributed by atoms with Crippen LogP contribution < -0.4 is 14.8 Å². The molecule has 1 aliphatic rings. The van der Waals surface area contributed by atoms with Crippen molar-refractivity contribution in [2.45, 2.75) is 31.8 Å². The van der Waals surface area contributed by atoms with Gasteiger partial charge in [-0.25, -0.2) is 13.1 Å². The lowest BCUT2D eigenvalue weighted by Crippen LogP contribution is -2.46. The van der Waals surface area contributed by atoms with Crippen molar-refractivity contribution in [3.63, 3.8) is 0 Å². The van der Waals surface area contributed by atoms with Gasteiger partial charge in [0, 0.05) is 39.3 Å². The fourth-order valence-electron chi connectivity index (χ4n) is 2.53. The van der Waals surface area contributed by atoms with E-state index in [0.717, 1.165) is 44.0 Å². The van der Waals surface area contributed by atoms with E-state index in [9.17, 15) is 8.42 Å². The number of aryl methyl sites for hydroxylation is 1. The molecule has 2 rings (SSSR count). The topological polar surface area (TPSA) is 70.7 Å². The van der Waals surface area contributed by atoms with Crippen molar-refractivity contribution in [2.75, 3.05) is 39.3 Å². The predicted octanol–water partition coefficient (Wildman–Crippen LogP) is 0.966. The van der Waals surface area contributed by atoms with Gasteiger partial charge in [0.05, 0.1) is 11.0 Å². The molecule has 0 atom stereocenters. The minimum absolute atomic E-state index is 0.0633. The van der Waals surface area contributed by atoms with Gasteiger partial charge in [0.2, 0.25) is 10.0 Å². The van der Waals surface area contributed by atoms with Crippen molar-refractivity contribution in [2.24, 2.45) is 0 Å². The van der Waals surface area contributed by atoms with Crippen LogP contribution in [0.3, 0.4) is 0 Å². The Morgan fingerprint density at radius 1 is 1.30 bits per heavy atom. The zero-order chi connectivity index (χ0) is 16.9. The normalized spacial score (nSPS) is 16.7. The van der Waals surface area contributed by atoms with E-state index in [-0.39, 0.29) is 11.0 Å². The molecule has 1 fully saturated rings. The number of piperazine rings is 1. The number of sulfonamides is 1. The molecule has 1 aliphatic heterocycles. The van der Waals surface area contributed by atoms with Crippen LogP contribution in [0.15, 0.2) is 23.1 Å². The van der Waals surface area contributed by atoms with E-state index in [1.54, 1.807) is 18.2 Å². The SMILES string of the molecule is Cc1cc(S(=O)(=O)NCCN2CCNCC2)ccc1OC(C)C. The molecule has 0 radical (unpaired) electrons. The van der Waals surface area contributed by atoms with Crippen LogP contribution in [-0.2, 0) is 10.0 Å². The Labute approximate surface area is 139 Å². The lowest BCUT2D eigenvalue weighted by Gasteiger charge is -2.27. The van der Waals surface area contributed by atoms with E-state index in [2.05, 4.69) is 14.9 Å². The van der Waals surface area contributed by atoms with E-state index in [4.69, 9.17) is 4.74 Å². The zero-order valence-corrected chi connectivity index (χ0v) is 14.9. The van der Waals surface area contributed by atoms with Gasteiger partial charge in [0.25, 0.3) is 0 Å². The second kappa shape index (κ2) is 8.10. The Hall–Kier alpha value is -1.15. The second-order valence-electron chi connectivity index (χ2n) is 6.08. The Morgan fingerprint density at radius 2 is 2.00 bits per heavy atom. The summed E-state index contributed by atoms with van der Waals surface area (Å²) in [5.41, 5.74) is 0.823. The molecule has 0 aromatic heterocycles. The van der Waals surface area contributed by atoms with Crippen molar-refractivity contribution in [3.05, 3.63) is 23.8 Å². The summed E-state index contributed by atoms with van der Waals surface area (Å²) in [7, 11) is -3.48. The maximum atomic E-state index is 12.4. The summed E-state index contributed by atoms with van der Waals surface area (Å²) in [6.45, 7) is 10.7. The highest BCUT2D eigenvalue weighted by Gasteiger charge is 2.16. The maximum Gasteiger partial charge on any atom is 0.240 e. The molecule has 1 saturated heterocycles. The minimum Gasteiger partial charge on any atom is -0.491 e. The molecular weight excluding hydrogens is 314 g/mol. The van der Waals surface area contributed by atoms with Crippen LogP contribution in [0.25, 0.3) is 0 Å². The van der Waals surface area contributed by atoms with Crippen LogP contribution in [0.1, 0.15) is 19.4 Å². The van der Waals surface area contributed by atoms with Gasteiger partial charge in [-0.15, -0.1) is 0 Å². The first-order valence-corrected chi connectivity index (χ1v) is 9.57. The summed E-state index contributed by atoms with van der Waals surface area (Å²) < 4.78 is 33.1. The number of hydrogen-bond acceptors (Lipinski definition) is 5. The molecule has 0 spiro atoms. The molecule has 1 aromatic carbocycles. The molecule has 0 unspecified atom stereocenters. The van der Waals surface area contributed by atoms with Crippen LogP contribution in [0.4, 0.5) is 0 Å². The van der Waals surface area contributed by atoms with Crippen LogP contribution in [-0.4, -0.2) is 58.7 Å². The monoisotopic (exact) mass is 341 g/mol. The summed E-state index contributed by atoms with van der Waals surface area (Å²) in [5, 5.41) is 3.28.